The molecule has 240 valence electrons. The molecule has 15 heteroatoms. The quantitative estimate of drug-likeness (QED) is 0.0992. The van der Waals surface area contributed by atoms with Crippen molar-refractivity contribution in [2.24, 2.45) is 5.10 Å². The lowest BCUT2D eigenvalue weighted by Crippen LogP contribution is -2.45. The van der Waals surface area contributed by atoms with Crippen molar-refractivity contribution < 1.29 is 38.3 Å². The normalized spacial score (nSPS) is 14.3. The summed E-state index contributed by atoms with van der Waals surface area (Å²) in [6.45, 7) is 3.23. The lowest BCUT2D eigenvalue weighted by atomic mass is 9.95. The molecule has 4 rings (SSSR count). The first kappa shape index (κ1) is 33.5. The molecule has 3 aromatic carbocycles. The van der Waals surface area contributed by atoms with Crippen molar-refractivity contribution in [2.45, 2.75) is 26.5 Å². The average Bonchev–Trinajstić information content (AvgIpc) is 3.03. The van der Waals surface area contributed by atoms with Gasteiger partial charge in [0.15, 0.2) is 18.1 Å². The van der Waals surface area contributed by atoms with Crippen LogP contribution < -0.4 is 30.3 Å². The molecule has 0 fully saturated rings. The molecule has 3 amide bonds. The molecule has 1 aliphatic rings. The highest BCUT2D eigenvalue weighted by Gasteiger charge is 2.32. The van der Waals surface area contributed by atoms with Crippen molar-refractivity contribution in [3.05, 3.63) is 103 Å². The maximum Gasteiger partial charge on any atom is 0.338 e. The minimum atomic E-state index is -0.790. The summed E-state index contributed by atoms with van der Waals surface area (Å²) in [5, 5.41) is 20.2. The third kappa shape index (κ3) is 8.59. The average molecular weight is 697 g/mol. The minimum absolute atomic E-state index is 0.0150. The van der Waals surface area contributed by atoms with Crippen molar-refractivity contribution >= 4 is 45.7 Å². The van der Waals surface area contributed by atoms with Crippen molar-refractivity contribution in [1.82, 2.24) is 16.1 Å². The Kier molecular flexibility index (Phi) is 11.3. The van der Waals surface area contributed by atoms with E-state index in [1.165, 1.54) is 25.5 Å². The van der Waals surface area contributed by atoms with Gasteiger partial charge in [-0.3, -0.25) is 14.9 Å². The van der Waals surface area contributed by atoms with Crippen LogP contribution in [0.25, 0.3) is 0 Å². The number of ether oxygens (including phenoxy) is 4. The van der Waals surface area contributed by atoms with Gasteiger partial charge in [-0.15, -0.1) is 0 Å². The number of hydrogen-bond acceptors (Lipinski definition) is 10. The molecule has 0 spiro atoms. The number of nitro benzene ring substituents is 1. The van der Waals surface area contributed by atoms with Gasteiger partial charge in [-0.25, -0.2) is 15.0 Å². The third-order valence-electron chi connectivity index (χ3n) is 6.52. The summed E-state index contributed by atoms with van der Waals surface area (Å²) in [4.78, 5) is 47.7. The first-order valence-electron chi connectivity index (χ1n) is 13.8. The van der Waals surface area contributed by atoms with Crippen LogP contribution in [0.1, 0.15) is 36.6 Å². The predicted octanol–water partition coefficient (Wildman–Crippen LogP) is 4.67. The van der Waals surface area contributed by atoms with E-state index in [0.29, 0.717) is 32.6 Å². The standard InChI is InChI=1S/C31H30BrN5O9/c1-4-44-30(39)28-18(2)34-31(40)35-29(28)21-9-11-25(26(14-21)43-3)46-17-27(38)36-33-15-19-8-10-24(23(32)13-19)45-16-20-6-5-7-22(12-20)37(41)42/h5-15,29H,4,16-17H2,1-3H3,(H,36,38)(H2,34,35,40)/b33-15-/t29-/m1/s1. The predicted molar refractivity (Wildman–Crippen MR) is 170 cm³/mol. The van der Waals surface area contributed by atoms with Crippen molar-refractivity contribution in [1.29, 1.82) is 0 Å². The SMILES string of the molecule is CCOC(=O)C1=C(C)NC(=O)N[C@@H]1c1ccc(OCC(=O)N/N=C\c2ccc(OCc3cccc([N+](=O)[O-])c3)c(Br)c2)c(OC)c1. The number of amides is 3. The molecule has 14 nitrogen and oxygen atoms in total. The molecule has 0 saturated heterocycles. The van der Waals surface area contributed by atoms with Gasteiger partial charge in [0.1, 0.15) is 12.4 Å². The van der Waals surface area contributed by atoms with Crippen LogP contribution in [0.2, 0.25) is 0 Å². The van der Waals surface area contributed by atoms with Gasteiger partial charge in [-0.05, 0) is 76.8 Å². The third-order valence-corrected chi connectivity index (χ3v) is 7.14. The Morgan fingerprint density at radius 2 is 1.87 bits per heavy atom. The van der Waals surface area contributed by atoms with Gasteiger partial charge in [-0.1, -0.05) is 18.2 Å². The molecule has 0 aromatic heterocycles. The van der Waals surface area contributed by atoms with Gasteiger partial charge in [0.25, 0.3) is 11.6 Å². The van der Waals surface area contributed by atoms with Gasteiger partial charge in [0.05, 0.1) is 40.9 Å². The van der Waals surface area contributed by atoms with Crippen LogP contribution >= 0.6 is 15.9 Å². The van der Waals surface area contributed by atoms with E-state index in [2.05, 4.69) is 37.1 Å². The van der Waals surface area contributed by atoms with Crippen LogP contribution in [0.4, 0.5) is 10.5 Å². The molecule has 1 aliphatic heterocycles. The van der Waals surface area contributed by atoms with Crippen LogP contribution in [0.15, 0.2) is 81.5 Å². The lowest BCUT2D eigenvalue weighted by molar-refractivity contribution is -0.384. The first-order valence-corrected chi connectivity index (χ1v) is 14.6. The number of nitro groups is 1. The lowest BCUT2D eigenvalue weighted by Gasteiger charge is -2.28. The number of nitrogens with zero attached hydrogens (tertiary/aromatic N) is 2. The van der Waals surface area contributed by atoms with E-state index in [4.69, 9.17) is 18.9 Å². The topological polar surface area (TPSA) is 180 Å². The van der Waals surface area contributed by atoms with E-state index >= 15 is 0 Å². The monoisotopic (exact) mass is 695 g/mol. The van der Waals surface area contributed by atoms with E-state index in [1.54, 1.807) is 62.4 Å². The van der Waals surface area contributed by atoms with Crippen molar-refractivity contribution in [2.75, 3.05) is 20.3 Å². The number of benzene rings is 3. The Hall–Kier alpha value is -5.44. The number of methoxy groups -OCH3 is 1. The number of allylic oxidation sites excluding steroid dienone is 1. The zero-order valence-corrected chi connectivity index (χ0v) is 26.6. The van der Waals surface area contributed by atoms with Crippen molar-refractivity contribution in [3.63, 3.8) is 0 Å². The zero-order chi connectivity index (χ0) is 33.2. The van der Waals surface area contributed by atoms with E-state index in [1.807, 2.05) is 0 Å². The van der Waals surface area contributed by atoms with Gasteiger partial charge < -0.3 is 29.6 Å². The minimum Gasteiger partial charge on any atom is -0.493 e. The number of esters is 1. The second-order valence-electron chi connectivity index (χ2n) is 9.69. The maximum absolute atomic E-state index is 12.6. The van der Waals surface area contributed by atoms with Gasteiger partial charge >= 0.3 is 12.0 Å². The first-order chi connectivity index (χ1) is 22.1. The highest BCUT2D eigenvalue weighted by molar-refractivity contribution is 9.10. The van der Waals surface area contributed by atoms with Crippen molar-refractivity contribution in [3.8, 4) is 17.2 Å². The number of urea groups is 1. The second kappa shape index (κ2) is 15.5. The number of hydrazone groups is 1. The number of halogens is 1. The number of non-ortho nitro benzene ring substituents is 1. The highest BCUT2D eigenvalue weighted by atomic mass is 79.9. The fraction of sp³-hybridized carbons (Fsp3) is 0.226. The zero-order valence-electron chi connectivity index (χ0n) is 25.0. The summed E-state index contributed by atoms with van der Waals surface area (Å²) >= 11 is 3.43. The Bertz CT molecular complexity index is 1710. The largest absolute Gasteiger partial charge is 0.493 e. The fourth-order valence-corrected chi connectivity index (χ4v) is 4.91. The number of hydrogen-bond donors (Lipinski definition) is 3. The van der Waals surface area contributed by atoms with Crippen LogP contribution in [-0.2, 0) is 20.9 Å². The summed E-state index contributed by atoms with van der Waals surface area (Å²) in [5.74, 6) is -0.0449. The molecule has 3 N–H and O–H groups in total. The van der Waals surface area contributed by atoms with E-state index in [9.17, 15) is 24.5 Å². The maximum atomic E-state index is 12.6. The number of rotatable bonds is 13. The van der Waals surface area contributed by atoms with Gasteiger partial charge in [0, 0.05) is 17.8 Å². The Morgan fingerprint density at radius 3 is 2.59 bits per heavy atom. The fourth-order valence-electron chi connectivity index (χ4n) is 4.40. The molecule has 1 atom stereocenters. The number of carbonyl (C=O) groups excluding carboxylic acids is 3. The van der Waals surface area contributed by atoms with Crippen LogP contribution in [0, 0.1) is 10.1 Å². The van der Waals surface area contributed by atoms with Crippen LogP contribution in [0.5, 0.6) is 17.2 Å². The summed E-state index contributed by atoms with van der Waals surface area (Å²) < 4.78 is 22.6. The molecule has 0 unspecified atom stereocenters. The summed E-state index contributed by atoms with van der Waals surface area (Å²) in [6, 6.07) is 14.9. The smallest absolute Gasteiger partial charge is 0.338 e. The molecule has 0 bridgehead atoms. The summed E-state index contributed by atoms with van der Waals surface area (Å²) in [7, 11) is 1.42. The molecule has 0 aliphatic carbocycles. The van der Waals surface area contributed by atoms with Gasteiger partial charge in [0.2, 0.25) is 0 Å². The molecule has 0 radical (unpaired) electrons. The summed E-state index contributed by atoms with van der Waals surface area (Å²) in [6.07, 6.45) is 1.44. The molecular weight excluding hydrogens is 666 g/mol. The number of carbonyl (C=O) groups is 3. The Morgan fingerprint density at radius 1 is 1.09 bits per heavy atom. The second-order valence-corrected chi connectivity index (χ2v) is 10.5. The van der Waals surface area contributed by atoms with E-state index < -0.39 is 28.9 Å². The number of nitrogens with one attached hydrogen (secondary N) is 3. The van der Waals surface area contributed by atoms with Crippen LogP contribution in [-0.4, -0.2) is 49.4 Å². The molecular formula is C31H30BrN5O9. The van der Waals surface area contributed by atoms with Gasteiger partial charge in [-0.2, -0.15) is 5.10 Å². The van der Waals surface area contributed by atoms with Crippen LogP contribution in [0.3, 0.4) is 0 Å². The summed E-state index contributed by atoms with van der Waals surface area (Å²) in [5.41, 5.74) is 4.85. The molecule has 46 heavy (non-hydrogen) atoms. The van der Waals surface area contributed by atoms with E-state index in [-0.39, 0.29) is 42.6 Å². The Labute approximate surface area is 272 Å². The molecule has 3 aromatic rings. The van der Waals surface area contributed by atoms with E-state index in [0.717, 1.165) is 0 Å². The molecule has 0 saturated carbocycles. The Balaban J connectivity index is 1.33. The highest BCUT2D eigenvalue weighted by Crippen LogP contribution is 2.34. The molecule has 1 heterocycles.